The van der Waals surface area contributed by atoms with Crippen LogP contribution in [0.5, 0.6) is 0 Å². The average Bonchev–Trinajstić information content (AvgIpc) is 2.95. The van der Waals surface area contributed by atoms with Crippen molar-refractivity contribution in [1.29, 1.82) is 0 Å². The van der Waals surface area contributed by atoms with E-state index in [1.165, 1.54) is 4.88 Å². The van der Waals surface area contributed by atoms with E-state index in [4.69, 9.17) is 4.74 Å². The maximum absolute atomic E-state index is 10.1. The predicted octanol–water partition coefficient (Wildman–Crippen LogP) is 1.48. The van der Waals surface area contributed by atoms with Crippen LogP contribution in [0.4, 0.5) is 0 Å². The second-order valence-electron chi connectivity index (χ2n) is 4.95. The highest BCUT2D eigenvalue weighted by atomic mass is 32.1. The third kappa shape index (κ3) is 4.85. The number of β-amino-alcohol motifs (C(OH)–C–C–N with tert-alkyl or cyclic N) is 1. The Bertz CT molecular complexity index is 339. The minimum absolute atomic E-state index is 0.313. The fraction of sp³-hybridized carbons (Fsp3) is 0.714. The van der Waals surface area contributed by atoms with E-state index < -0.39 is 0 Å². The number of aliphatic hydroxyl groups excluding tert-OH is 1. The van der Waals surface area contributed by atoms with Gasteiger partial charge in [0.2, 0.25) is 0 Å². The van der Waals surface area contributed by atoms with Gasteiger partial charge in [-0.25, -0.2) is 0 Å². The Morgan fingerprint density at radius 1 is 1.47 bits per heavy atom. The molecule has 2 N–H and O–H groups in total. The maximum atomic E-state index is 10.1. The van der Waals surface area contributed by atoms with Crippen LogP contribution in [0.25, 0.3) is 0 Å². The first-order valence-corrected chi connectivity index (χ1v) is 7.92. The summed E-state index contributed by atoms with van der Waals surface area (Å²) < 4.78 is 5.31. The summed E-state index contributed by atoms with van der Waals surface area (Å²) in [6.07, 6.45) is 0.734. The minimum Gasteiger partial charge on any atom is -0.390 e. The summed E-state index contributed by atoms with van der Waals surface area (Å²) in [6.45, 7) is 6.98. The summed E-state index contributed by atoms with van der Waals surface area (Å²) in [7, 11) is 0. The molecule has 2 atom stereocenters. The first-order chi connectivity index (χ1) is 9.29. The lowest BCUT2D eigenvalue weighted by Crippen LogP contribution is -2.44. The fourth-order valence-electron chi connectivity index (χ4n) is 2.36. The highest BCUT2D eigenvalue weighted by Gasteiger charge is 2.16. The van der Waals surface area contributed by atoms with E-state index in [0.29, 0.717) is 12.6 Å². The zero-order chi connectivity index (χ0) is 13.5. The molecule has 1 aromatic heterocycles. The van der Waals surface area contributed by atoms with Gasteiger partial charge >= 0.3 is 0 Å². The quantitative estimate of drug-likeness (QED) is 0.796. The van der Waals surface area contributed by atoms with Gasteiger partial charge in [-0.3, -0.25) is 4.90 Å². The molecule has 2 rings (SSSR count). The number of nitrogens with zero attached hydrogens (tertiary/aromatic N) is 1. The van der Waals surface area contributed by atoms with Crippen molar-refractivity contribution >= 4 is 11.3 Å². The summed E-state index contributed by atoms with van der Waals surface area (Å²) in [5.74, 6) is 0. The predicted molar refractivity (Wildman–Crippen MR) is 78.6 cm³/mol. The Kier molecular flexibility index (Phi) is 6.26. The van der Waals surface area contributed by atoms with E-state index in [1.54, 1.807) is 11.3 Å². The molecule has 1 fully saturated rings. The fourth-order valence-corrected chi connectivity index (χ4v) is 3.25. The Labute approximate surface area is 119 Å². The molecule has 0 aromatic carbocycles. The average molecular weight is 284 g/mol. The summed E-state index contributed by atoms with van der Waals surface area (Å²) in [5, 5.41) is 15.7. The van der Waals surface area contributed by atoms with Gasteiger partial charge in [0.1, 0.15) is 0 Å². The molecule has 1 aliphatic rings. The van der Waals surface area contributed by atoms with Crippen molar-refractivity contribution in [2.45, 2.75) is 25.5 Å². The lowest BCUT2D eigenvalue weighted by molar-refractivity contribution is 0.0144. The third-order valence-corrected chi connectivity index (χ3v) is 4.45. The van der Waals surface area contributed by atoms with Crippen molar-refractivity contribution in [1.82, 2.24) is 10.2 Å². The molecule has 4 nitrogen and oxygen atoms in total. The van der Waals surface area contributed by atoms with Crippen LogP contribution in [-0.2, 0) is 4.74 Å². The monoisotopic (exact) mass is 284 g/mol. The van der Waals surface area contributed by atoms with Crippen LogP contribution in [0, 0.1) is 0 Å². The summed E-state index contributed by atoms with van der Waals surface area (Å²) in [5.41, 5.74) is 0. The van der Waals surface area contributed by atoms with E-state index in [2.05, 4.69) is 34.7 Å². The standard InChI is InChI=1S/C14H24N2O2S/c1-2-13(14-4-3-9-19-14)15-10-12(17)11-16-5-7-18-8-6-16/h3-4,9,12-13,15,17H,2,5-8,10-11H2,1H3. The molecule has 0 bridgehead atoms. The van der Waals surface area contributed by atoms with Crippen molar-refractivity contribution in [2.75, 3.05) is 39.4 Å². The summed E-state index contributed by atoms with van der Waals surface area (Å²) in [4.78, 5) is 3.61. The van der Waals surface area contributed by atoms with Crippen molar-refractivity contribution in [3.63, 3.8) is 0 Å². The highest BCUT2D eigenvalue weighted by Crippen LogP contribution is 2.21. The number of thiophene rings is 1. The largest absolute Gasteiger partial charge is 0.390 e. The van der Waals surface area contributed by atoms with Crippen LogP contribution in [0.15, 0.2) is 17.5 Å². The molecule has 1 aromatic rings. The number of hydrogen-bond donors (Lipinski definition) is 2. The molecule has 2 unspecified atom stereocenters. The summed E-state index contributed by atoms with van der Waals surface area (Å²) >= 11 is 1.77. The Balaban J connectivity index is 1.71. The van der Waals surface area contributed by atoms with Crippen LogP contribution < -0.4 is 5.32 Å². The Morgan fingerprint density at radius 2 is 2.26 bits per heavy atom. The van der Waals surface area contributed by atoms with Crippen molar-refractivity contribution < 1.29 is 9.84 Å². The van der Waals surface area contributed by atoms with Gasteiger partial charge in [0.15, 0.2) is 0 Å². The number of morpholine rings is 1. The molecule has 1 saturated heterocycles. The van der Waals surface area contributed by atoms with Crippen LogP contribution in [-0.4, -0.2) is 55.5 Å². The van der Waals surface area contributed by atoms with Crippen molar-refractivity contribution in [2.24, 2.45) is 0 Å². The van der Waals surface area contributed by atoms with E-state index in [9.17, 15) is 5.11 Å². The zero-order valence-corrected chi connectivity index (χ0v) is 12.4. The van der Waals surface area contributed by atoms with E-state index in [-0.39, 0.29) is 6.10 Å². The molecule has 0 amide bonds. The first kappa shape index (κ1) is 14.9. The molecule has 1 aliphatic heterocycles. The van der Waals surface area contributed by atoms with Gasteiger partial charge in [-0.1, -0.05) is 13.0 Å². The number of ether oxygens (including phenoxy) is 1. The highest BCUT2D eigenvalue weighted by molar-refractivity contribution is 7.10. The van der Waals surface area contributed by atoms with Crippen molar-refractivity contribution in [3.05, 3.63) is 22.4 Å². The first-order valence-electron chi connectivity index (χ1n) is 7.04. The van der Waals surface area contributed by atoms with E-state index >= 15 is 0 Å². The number of rotatable bonds is 7. The van der Waals surface area contributed by atoms with Crippen LogP contribution >= 0.6 is 11.3 Å². The second kappa shape index (κ2) is 7.97. The van der Waals surface area contributed by atoms with Gasteiger partial charge in [0.25, 0.3) is 0 Å². The molecule has 19 heavy (non-hydrogen) atoms. The van der Waals surface area contributed by atoms with E-state index in [1.807, 2.05) is 0 Å². The molecule has 2 heterocycles. The lowest BCUT2D eigenvalue weighted by atomic mass is 10.2. The number of nitrogens with one attached hydrogen (secondary N) is 1. The van der Waals surface area contributed by atoms with Gasteiger partial charge < -0.3 is 15.2 Å². The third-order valence-electron chi connectivity index (χ3n) is 3.47. The minimum atomic E-state index is -0.313. The zero-order valence-electron chi connectivity index (χ0n) is 11.5. The molecule has 0 radical (unpaired) electrons. The Hall–Kier alpha value is -0.460. The lowest BCUT2D eigenvalue weighted by Gasteiger charge is -2.29. The molecular weight excluding hydrogens is 260 g/mol. The van der Waals surface area contributed by atoms with Crippen LogP contribution in [0.2, 0.25) is 0 Å². The molecular formula is C14H24N2O2S. The second-order valence-corrected chi connectivity index (χ2v) is 5.93. The molecule has 0 saturated carbocycles. The van der Waals surface area contributed by atoms with Crippen molar-refractivity contribution in [3.8, 4) is 0 Å². The van der Waals surface area contributed by atoms with Crippen LogP contribution in [0.3, 0.4) is 0 Å². The molecule has 0 aliphatic carbocycles. The van der Waals surface area contributed by atoms with E-state index in [0.717, 1.165) is 39.3 Å². The SMILES string of the molecule is CCC(NCC(O)CN1CCOCC1)c1cccs1. The van der Waals surface area contributed by atoms with Crippen LogP contribution in [0.1, 0.15) is 24.3 Å². The maximum Gasteiger partial charge on any atom is 0.0791 e. The Morgan fingerprint density at radius 3 is 2.89 bits per heavy atom. The summed E-state index contributed by atoms with van der Waals surface area (Å²) in [6, 6.07) is 4.59. The number of hydrogen-bond acceptors (Lipinski definition) is 5. The normalized spacial score (nSPS) is 20.3. The van der Waals surface area contributed by atoms with Gasteiger partial charge in [0.05, 0.1) is 19.3 Å². The van der Waals surface area contributed by atoms with Gasteiger partial charge in [-0.2, -0.15) is 0 Å². The molecule has 0 spiro atoms. The van der Waals surface area contributed by atoms with Gasteiger partial charge in [-0.15, -0.1) is 11.3 Å². The molecule has 5 heteroatoms. The van der Waals surface area contributed by atoms with Gasteiger partial charge in [0, 0.05) is 37.1 Å². The molecule has 108 valence electrons. The van der Waals surface area contributed by atoms with Gasteiger partial charge in [-0.05, 0) is 17.9 Å². The smallest absolute Gasteiger partial charge is 0.0791 e. The topological polar surface area (TPSA) is 44.7 Å². The number of aliphatic hydroxyl groups is 1.